The quantitative estimate of drug-likeness (QED) is 0.613. The van der Waals surface area contributed by atoms with Gasteiger partial charge in [-0.1, -0.05) is 0 Å². The van der Waals surface area contributed by atoms with Crippen molar-refractivity contribution in [3.8, 4) is 0 Å². The first-order valence-corrected chi connectivity index (χ1v) is 5.51. The normalized spacial score (nSPS) is 32.5. The van der Waals surface area contributed by atoms with Gasteiger partial charge in [-0.25, -0.2) is 13.1 Å². The van der Waals surface area contributed by atoms with Crippen molar-refractivity contribution in [2.75, 3.05) is 19.5 Å². The molecule has 0 amide bonds. The second-order valence-corrected chi connectivity index (χ2v) is 4.89. The standard InChI is InChI=1S/C5H10ClNO3S/c1-11(8,9)7-5-3-10-2-4(5)6/h4-5,7H,2-3H2,1H3. The zero-order valence-corrected chi connectivity index (χ0v) is 7.65. The van der Waals surface area contributed by atoms with Gasteiger partial charge in [-0.2, -0.15) is 0 Å². The van der Waals surface area contributed by atoms with E-state index in [1.165, 1.54) is 0 Å². The van der Waals surface area contributed by atoms with Crippen molar-refractivity contribution in [3.05, 3.63) is 0 Å². The van der Waals surface area contributed by atoms with Gasteiger partial charge >= 0.3 is 0 Å². The molecule has 1 heterocycles. The van der Waals surface area contributed by atoms with Crippen LogP contribution >= 0.6 is 11.6 Å². The van der Waals surface area contributed by atoms with E-state index in [9.17, 15) is 8.42 Å². The first-order chi connectivity index (χ1) is 4.99. The summed E-state index contributed by atoms with van der Waals surface area (Å²) in [7, 11) is -3.15. The first-order valence-electron chi connectivity index (χ1n) is 3.18. The summed E-state index contributed by atoms with van der Waals surface area (Å²) in [4.78, 5) is 0. The fourth-order valence-corrected chi connectivity index (χ4v) is 1.99. The highest BCUT2D eigenvalue weighted by molar-refractivity contribution is 7.88. The number of nitrogens with one attached hydrogen (secondary N) is 1. The van der Waals surface area contributed by atoms with Crippen molar-refractivity contribution in [2.24, 2.45) is 0 Å². The number of halogens is 1. The van der Waals surface area contributed by atoms with E-state index in [1.54, 1.807) is 0 Å². The smallest absolute Gasteiger partial charge is 0.209 e. The van der Waals surface area contributed by atoms with Crippen molar-refractivity contribution >= 4 is 21.6 Å². The minimum atomic E-state index is -3.15. The molecule has 0 aromatic heterocycles. The number of alkyl halides is 1. The van der Waals surface area contributed by atoms with Crippen molar-refractivity contribution < 1.29 is 13.2 Å². The molecule has 1 aliphatic heterocycles. The van der Waals surface area contributed by atoms with Crippen LogP contribution in [0.25, 0.3) is 0 Å². The fourth-order valence-electron chi connectivity index (χ4n) is 0.911. The minimum Gasteiger partial charge on any atom is -0.378 e. The van der Waals surface area contributed by atoms with Gasteiger partial charge in [0.2, 0.25) is 10.0 Å². The summed E-state index contributed by atoms with van der Waals surface area (Å²) < 4.78 is 28.8. The van der Waals surface area contributed by atoms with Gasteiger partial charge in [-0.15, -0.1) is 11.6 Å². The largest absolute Gasteiger partial charge is 0.378 e. The van der Waals surface area contributed by atoms with E-state index in [1.807, 2.05) is 0 Å². The van der Waals surface area contributed by atoms with Crippen molar-refractivity contribution in [2.45, 2.75) is 11.4 Å². The van der Waals surface area contributed by atoms with Crippen LogP contribution in [0, 0.1) is 0 Å². The maximum Gasteiger partial charge on any atom is 0.209 e. The molecule has 0 spiro atoms. The van der Waals surface area contributed by atoms with Crippen LogP contribution in [0.5, 0.6) is 0 Å². The molecule has 1 fully saturated rings. The Bertz CT molecular complexity index is 228. The summed E-state index contributed by atoms with van der Waals surface area (Å²) in [5.74, 6) is 0. The predicted molar refractivity (Wildman–Crippen MR) is 42.2 cm³/mol. The van der Waals surface area contributed by atoms with Crippen LogP contribution < -0.4 is 4.72 Å². The Morgan fingerprint density at radius 1 is 1.55 bits per heavy atom. The Hall–Kier alpha value is 0.160. The van der Waals surface area contributed by atoms with E-state index in [0.29, 0.717) is 13.2 Å². The number of hydrogen-bond donors (Lipinski definition) is 1. The van der Waals surface area contributed by atoms with Gasteiger partial charge in [-0.05, 0) is 0 Å². The Morgan fingerprint density at radius 3 is 2.55 bits per heavy atom. The van der Waals surface area contributed by atoms with E-state index in [2.05, 4.69) is 4.72 Å². The lowest BCUT2D eigenvalue weighted by molar-refractivity contribution is 0.193. The number of sulfonamides is 1. The molecule has 6 heteroatoms. The van der Waals surface area contributed by atoms with Gasteiger partial charge in [0.25, 0.3) is 0 Å². The molecule has 2 unspecified atom stereocenters. The summed E-state index contributed by atoms with van der Waals surface area (Å²) in [5.41, 5.74) is 0. The highest BCUT2D eigenvalue weighted by Crippen LogP contribution is 2.12. The Morgan fingerprint density at radius 2 is 2.18 bits per heavy atom. The summed E-state index contributed by atoms with van der Waals surface area (Å²) in [5, 5.41) is -0.246. The second-order valence-electron chi connectivity index (χ2n) is 2.55. The third-order valence-corrected chi connectivity index (χ3v) is 2.54. The van der Waals surface area contributed by atoms with Crippen LogP contribution in [0.1, 0.15) is 0 Å². The molecule has 1 saturated heterocycles. The topological polar surface area (TPSA) is 55.4 Å². The van der Waals surface area contributed by atoms with E-state index in [0.717, 1.165) is 6.26 Å². The monoisotopic (exact) mass is 199 g/mol. The van der Waals surface area contributed by atoms with Crippen LogP contribution in [0.4, 0.5) is 0 Å². The minimum absolute atomic E-state index is 0.246. The van der Waals surface area contributed by atoms with Gasteiger partial charge in [0.1, 0.15) is 0 Å². The van der Waals surface area contributed by atoms with Gasteiger partial charge in [0, 0.05) is 0 Å². The summed E-state index contributed by atoms with van der Waals surface area (Å²) in [6.07, 6.45) is 1.11. The van der Waals surface area contributed by atoms with Crippen molar-refractivity contribution in [1.82, 2.24) is 4.72 Å². The van der Waals surface area contributed by atoms with Crippen LogP contribution in [0.2, 0.25) is 0 Å². The summed E-state index contributed by atoms with van der Waals surface area (Å²) in [6, 6.07) is -0.272. The maximum absolute atomic E-state index is 10.7. The van der Waals surface area contributed by atoms with E-state index in [-0.39, 0.29) is 11.4 Å². The van der Waals surface area contributed by atoms with E-state index in [4.69, 9.17) is 16.3 Å². The maximum atomic E-state index is 10.7. The molecule has 0 aliphatic carbocycles. The molecule has 1 rings (SSSR count). The lowest BCUT2D eigenvalue weighted by Gasteiger charge is -2.10. The molecule has 4 nitrogen and oxygen atoms in total. The summed E-state index contributed by atoms with van der Waals surface area (Å²) in [6.45, 7) is 0.774. The molecule has 66 valence electrons. The molecular weight excluding hydrogens is 190 g/mol. The number of ether oxygens (including phenoxy) is 1. The van der Waals surface area contributed by atoms with Gasteiger partial charge in [0.15, 0.2) is 0 Å². The molecule has 11 heavy (non-hydrogen) atoms. The fraction of sp³-hybridized carbons (Fsp3) is 1.00. The van der Waals surface area contributed by atoms with Crippen LogP contribution in [0.15, 0.2) is 0 Å². The number of hydrogen-bond acceptors (Lipinski definition) is 3. The van der Waals surface area contributed by atoms with Crippen LogP contribution in [0.3, 0.4) is 0 Å². The van der Waals surface area contributed by atoms with Gasteiger partial charge in [-0.3, -0.25) is 0 Å². The molecule has 1 aliphatic rings. The molecule has 1 N–H and O–H groups in total. The molecule has 0 saturated carbocycles. The average Bonchev–Trinajstić information content (AvgIpc) is 2.12. The molecule has 0 aromatic rings. The second kappa shape index (κ2) is 3.26. The highest BCUT2D eigenvalue weighted by atomic mass is 35.5. The van der Waals surface area contributed by atoms with Gasteiger partial charge in [0.05, 0.1) is 30.9 Å². The molecule has 0 radical (unpaired) electrons. The summed E-state index contributed by atoms with van der Waals surface area (Å²) >= 11 is 5.73. The van der Waals surface area contributed by atoms with E-state index >= 15 is 0 Å². The SMILES string of the molecule is CS(=O)(=O)NC1COCC1Cl. The third-order valence-electron chi connectivity index (χ3n) is 1.38. The molecule has 0 aromatic carbocycles. The Labute approximate surface area is 70.9 Å². The molecule has 0 bridgehead atoms. The zero-order chi connectivity index (χ0) is 8.48. The first kappa shape index (κ1) is 9.25. The Balaban J connectivity index is 2.50. The Kier molecular flexibility index (Phi) is 2.74. The molecule has 2 atom stereocenters. The van der Waals surface area contributed by atoms with Gasteiger partial charge < -0.3 is 4.74 Å². The highest BCUT2D eigenvalue weighted by Gasteiger charge is 2.28. The zero-order valence-electron chi connectivity index (χ0n) is 6.08. The molecular formula is C5H10ClNO3S. The lowest BCUT2D eigenvalue weighted by atomic mass is 10.3. The van der Waals surface area contributed by atoms with Crippen LogP contribution in [-0.4, -0.2) is 39.3 Å². The third kappa shape index (κ3) is 2.94. The van der Waals surface area contributed by atoms with Crippen molar-refractivity contribution in [3.63, 3.8) is 0 Å². The average molecular weight is 200 g/mol. The van der Waals surface area contributed by atoms with Crippen LogP contribution in [-0.2, 0) is 14.8 Å². The van der Waals surface area contributed by atoms with Crippen molar-refractivity contribution in [1.29, 1.82) is 0 Å². The number of rotatable bonds is 2. The lowest BCUT2D eigenvalue weighted by Crippen LogP contribution is -2.39. The van der Waals surface area contributed by atoms with E-state index < -0.39 is 10.0 Å². The predicted octanol–water partition coefficient (Wildman–Crippen LogP) is -0.458.